The number of hydrogen-bond acceptors (Lipinski definition) is 5. The molecular weight excluding hydrogens is 341 g/mol. The van der Waals surface area contributed by atoms with Gasteiger partial charge in [0.25, 0.3) is 0 Å². The second-order valence-corrected chi connectivity index (χ2v) is 6.37. The zero-order chi connectivity index (χ0) is 17.8. The predicted octanol–water partition coefficient (Wildman–Crippen LogP) is 3.01. The minimum absolute atomic E-state index is 0.127. The molecule has 0 aliphatic heterocycles. The predicted molar refractivity (Wildman–Crippen MR) is 93.0 cm³/mol. The SMILES string of the molecule is Cn1c(SCC(=O)c2ccc(F)cc2)nnc1[C@@H](O)c1ccccc1. The summed E-state index contributed by atoms with van der Waals surface area (Å²) in [5, 5.41) is 19.0. The van der Waals surface area contributed by atoms with Crippen LogP contribution in [-0.4, -0.2) is 31.4 Å². The molecule has 5 nitrogen and oxygen atoms in total. The van der Waals surface area contributed by atoms with Crippen LogP contribution in [0.25, 0.3) is 0 Å². The molecule has 0 unspecified atom stereocenters. The van der Waals surface area contributed by atoms with Crippen molar-refractivity contribution in [3.8, 4) is 0 Å². The zero-order valence-electron chi connectivity index (χ0n) is 13.5. The van der Waals surface area contributed by atoms with E-state index >= 15 is 0 Å². The first-order chi connectivity index (χ1) is 12.1. The lowest BCUT2D eigenvalue weighted by Crippen LogP contribution is -2.08. The van der Waals surface area contributed by atoms with Crippen LogP contribution in [0.2, 0.25) is 0 Å². The maximum absolute atomic E-state index is 12.9. The summed E-state index contributed by atoms with van der Waals surface area (Å²) in [6, 6.07) is 14.6. The van der Waals surface area contributed by atoms with Crippen molar-refractivity contribution >= 4 is 17.5 Å². The smallest absolute Gasteiger partial charge is 0.191 e. The summed E-state index contributed by atoms with van der Waals surface area (Å²) in [6.45, 7) is 0. The number of halogens is 1. The molecule has 128 valence electrons. The Labute approximate surface area is 148 Å². The Kier molecular flexibility index (Phi) is 5.25. The van der Waals surface area contributed by atoms with Crippen molar-refractivity contribution in [2.45, 2.75) is 11.3 Å². The molecule has 1 aromatic heterocycles. The van der Waals surface area contributed by atoms with Crippen LogP contribution in [-0.2, 0) is 7.05 Å². The molecule has 7 heteroatoms. The Hall–Kier alpha value is -2.51. The van der Waals surface area contributed by atoms with Crippen molar-refractivity contribution < 1.29 is 14.3 Å². The molecule has 0 amide bonds. The van der Waals surface area contributed by atoms with E-state index in [1.165, 1.54) is 36.0 Å². The second-order valence-electron chi connectivity index (χ2n) is 5.43. The third-order valence-corrected chi connectivity index (χ3v) is 4.75. The van der Waals surface area contributed by atoms with E-state index in [-0.39, 0.29) is 17.4 Å². The summed E-state index contributed by atoms with van der Waals surface area (Å²) in [7, 11) is 1.74. The molecule has 0 fully saturated rings. The topological polar surface area (TPSA) is 68.0 Å². The fraction of sp³-hybridized carbons (Fsp3) is 0.167. The third kappa shape index (κ3) is 3.94. The average Bonchev–Trinajstić information content (AvgIpc) is 3.01. The van der Waals surface area contributed by atoms with Gasteiger partial charge in [0.1, 0.15) is 11.9 Å². The maximum Gasteiger partial charge on any atom is 0.191 e. The fourth-order valence-electron chi connectivity index (χ4n) is 2.32. The molecule has 0 spiro atoms. The van der Waals surface area contributed by atoms with Crippen LogP contribution in [0.4, 0.5) is 4.39 Å². The van der Waals surface area contributed by atoms with Gasteiger partial charge in [0.05, 0.1) is 5.75 Å². The van der Waals surface area contributed by atoms with E-state index in [0.29, 0.717) is 16.5 Å². The van der Waals surface area contributed by atoms with E-state index in [4.69, 9.17) is 0 Å². The largest absolute Gasteiger partial charge is 0.380 e. The minimum Gasteiger partial charge on any atom is -0.380 e. The summed E-state index contributed by atoms with van der Waals surface area (Å²) in [5.74, 6) is 0.0529. The minimum atomic E-state index is -0.888. The Morgan fingerprint density at radius 1 is 1.16 bits per heavy atom. The van der Waals surface area contributed by atoms with E-state index in [2.05, 4.69) is 10.2 Å². The van der Waals surface area contributed by atoms with E-state index in [1.807, 2.05) is 30.3 Å². The van der Waals surface area contributed by atoms with Crippen molar-refractivity contribution in [2.24, 2.45) is 7.05 Å². The zero-order valence-corrected chi connectivity index (χ0v) is 14.3. The van der Waals surface area contributed by atoms with Crippen LogP contribution in [0.3, 0.4) is 0 Å². The first-order valence-corrected chi connectivity index (χ1v) is 8.58. The van der Waals surface area contributed by atoms with Gasteiger partial charge < -0.3 is 9.67 Å². The van der Waals surface area contributed by atoms with Gasteiger partial charge in [-0.3, -0.25) is 4.79 Å². The summed E-state index contributed by atoms with van der Waals surface area (Å²) >= 11 is 1.22. The number of nitrogens with zero attached hydrogens (tertiary/aromatic N) is 3. The lowest BCUT2D eigenvalue weighted by molar-refractivity contribution is 0.102. The van der Waals surface area contributed by atoms with Crippen molar-refractivity contribution in [1.82, 2.24) is 14.8 Å². The molecule has 0 aliphatic carbocycles. The summed E-state index contributed by atoms with van der Waals surface area (Å²) < 4.78 is 14.6. The van der Waals surface area contributed by atoms with Crippen LogP contribution in [0.1, 0.15) is 27.8 Å². The lowest BCUT2D eigenvalue weighted by Gasteiger charge is -2.10. The number of carbonyl (C=O) groups excluding carboxylic acids is 1. The first-order valence-electron chi connectivity index (χ1n) is 7.60. The molecule has 0 saturated carbocycles. The maximum atomic E-state index is 12.9. The molecule has 1 heterocycles. The number of ketones is 1. The number of aromatic nitrogens is 3. The summed E-state index contributed by atoms with van der Waals surface area (Å²) in [4.78, 5) is 12.2. The van der Waals surface area contributed by atoms with E-state index in [9.17, 15) is 14.3 Å². The highest BCUT2D eigenvalue weighted by molar-refractivity contribution is 7.99. The van der Waals surface area contributed by atoms with Gasteiger partial charge in [-0.1, -0.05) is 42.1 Å². The van der Waals surface area contributed by atoms with E-state index < -0.39 is 6.10 Å². The average molecular weight is 357 g/mol. The molecule has 0 bridgehead atoms. The van der Waals surface area contributed by atoms with E-state index in [0.717, 1.165) is 5.56 Å². The monoisotopic (exact) mass is 357 g/mol. The Morgan fingerprint density at radius 3 is 2.52 bits per heavy atom. The molecule has 1 N–H and O–H groups in total. The number of hydrogen-bond donors (Lipinski definition) is 1. The van der Waals surface area contributed by atoms with Gasteiger partial charge in [-0.05, 0) is 29.8 Å². The van der Waals surface area contributed by atoms with Crippen molar-refractivity contribution in [1.29, 1.82) is 0 Å². The van der Waals surface area contributed by atoms with E-state index in [1.54, 1.807) is 11.6 Å². The summed E-state index contributed by atoms with van der Waals surface area (Å²) in [6.07, 6.45) is -0.888. The van der Waals surface area contributed by atoms with Gasteiger partial charge in [0.15, 0.2) is 16.8 Å². The second kappa shape index (κ2) is 7.58. The number of rotatable bonds is 6. The van der Waals surface area contributed by atoms with Crippen LogP contribution >= 0.6 is 11.8 Å². The molecule has 25 heavy (non-hydrogen) atoms. The third-order valence-electron chi connectivity index (χ3n) is 3.73. The van der Waals surface area contributed by atoms with Gasteiger partial charge in [-0.25, -0.2) is 4.39 Å². The molecule has 3 aromatic rings. The van der Waals surface area contributed by atoms with Crippen LogP contribution in [0.5, 0.6) is 0 Å². The van der Waals surface area contributed by atoms with Crippen LogP contribution < -0.4 is 0 Å². The van der Waals surface area contributed by atoms with Crippen molar-refractivity contribution in [3.63, 3.8) is 0 Å². The molecule has 0 saturated heterocycles. The Balaban J connectivity index is 1.69. The highest BCUT2D eigenvalue weighted by atomic mass is 32.2. The number of benzene rings is 2. The fourth-order valence-corrected chi connectivity index (χ4v) is 3.14. The highest BCUT2D eigenvalue weighted by Crippen LogP contribution is 2.24. The van der Waals surface area contributed by atoms with Crippen molar-refractivity contribution in [3.05, 3.63) is 77.4 Å². The first kappa shape index (κ1) is 17.3. The Bertz CT molecular complexity index is 866. The molecule has 0 aliphatic rings. The molecule has 1 atom stereocenters. The van der Waals surface area contributed by atoms with Crippen LogP contribution in [0.15, 0.2) is 59.8 Å². The molecule has 3 rings (SSSR count). The van der Waals surface area contributed by atoms with Gasteiger partial charge in [0, 0.05) is 12.6 Å². The normalized spacial score (nSPS) is 12.1. The Morgan fingerprint density at radius 2 is 1.84 bits per heavy atom. The molecule has 2 aromatic carbocycles. The van der Waals surface area contributed by atoms with Crippen molar-refractivity contribution in [2.75, 3.05) is 5.75 Å². The highest BCUT2D eigenvalue weighted by Gasteiger charge is 2.19. The van der Waals surface area contributed by atoms with Gasteiger partial charge in [-0.2, -0.15) is 0 Å². The molecule has 0 radical (unpaired) electrons. The number of aliphatic hydroxyl groups is 1. The van der Waals surface area contributed by atoms with Gasteiger partial charge >= 0.3 is 0 Å². The number of Topliss-reactive ketones (excluding diaryl/α,β-unsaturated/α-hetero) is 1. The number of carbonyl (C=O) groups is 1. The number of aliphatic hydroxyl groups excluding tert-OH is 1. The van der Waals surface area contributed by atoms with Crippen LogP contribution in [0, 0.1) is 5.82 Å². The molecular formula is C18H16FN3O2S. The lowest BCUT2D eigenvalue weighted by atomic mass is 10.1. The summed E-state index contributed by atoms with van der Waals surface area (Å²) in [5.41, 5.74) is 1.16. The van der Waals surface area contributed by atoms with Gasteiger partial charge in [0.2, 0.25) is 0 Å². The number of thioether (sulfide) groups is 1. The van der Waals surface area contributed by atoms with Gasteiger partial charge in [-0.15, -0.1) is 10.2 Å². The standard InChI is InChI=1S/C18H16FN3O2S/c1-22-17(16(24)13-5-3-2-4-6-13)20-21-18(22)25-11-15(23)12-7-9-14(19)10-8-12/h2-10,16,24H,11H2,1H3/t16-/m0/s1. The quantitative estimate of drug-likeness (QED) is 0.543.